The van der Waals surface area contributed by atoms with Crippen LogP contribution in [0.25, 0.3) is 0 Å². The summed E-state index contributed by atoms with van der Waals surface area (Å²) in [5.41, 5.74) is 1.94. The molecule has 0 saturated carbocycles. The molecule has 36 heavy (non-hydrogen) atoms. The first-order chi connectivity index (χ1) is 17.3. The van der Waals surface area contributed by atoms with E-state index in [0.29, 0.717) is 37.8 Å². The van der Waals surface area contributed by atoms with Gasteiger partial charge in [0.2, 0.25) is 0 Å². The highest BCUT2D eigenvalue weighted by Gasteiger charge is 2.38. The summed E-state index contributed by atoms with van der Waals surface area (Å²) < 4.78 is 11.1. The normalized spacial score (nSPS) is 19.0. The Balaban J connectivity index is 1.38. The summed E-state index contributed by atoms with van der Waals surface area (Å²) >= 11 is 1.68. The molecule has 4 rings (SSSR count). The van der Waals surface area contributed by atoms with Gasteiger partial charge in [0, 0.05) is 36.1 Å². The van der Waals surface area contributed by atoms with Gasteiger partial charge in [-0.25, -0.2) is 0 Å². The highest BCUT2D eigenvalue weighted by Crippen LogP contribution is 2.33. The van der Waals surface area contributed by atoms with E-state index in [-0.39, 0.29) is 17.3 Å². The van der Waals surface area contributed by atoms with Gasteiger partial charge in [-0.2, -0.15) is 0 Å². The lowest BCUT2D eigenvalue weighted by atomic mass is 10.00. The number of aliphatic hydroxyl groups is 1. The number of hydrogen-bond donors (Lipinski definition) is 2. The largest absolute Gasteiger partial charge is 0.484 e. The lowest BCUT2D eigenvalue weighted by Gasteiger charge is -2.29. The molecule has 0 aliphatic carbocycles. The first-order valence-corrected chi connectivity index (χ1v) is 13.3. The Morgan fingerprint density at radius 3 is 2.58 bits per heavy atom. The van der Waals surface area contributed by atoms with Crippen LogP contribution in [0.1, 0.15) is 19.4 Å². The molecule has 0 aromatic heterocycles. The van der Waals surface area contributed by atoms with Gasteiger partial charge in [-0.1, -0.05) is 36.4 Å². The average molecular weight is 514 g/mol. The molecular formula is C27H35N3O5S. The summed E-state index contributed by atoms with van der Waals surface area (Å²) in [6.07, 6.45) is -1.02. The van der Waals surface area contributed by atoms with E-state index in [9.17, 15) is 14.7 Å². The summed E-state index contributed by atoms with van der Waals surface area (Å²) in [7, 11) is 0. The number of hydrogen-bond acceptors (Lipinski definition) is 7. The van der Waals surface area contributed by atoms with E-state index >= 15 is 0 Å². The zero-order valence-corrected chi connectivity index (χ0v) is 21.7. The van der Waals surface area contributed by atoms with Crippen LogP contribution in [0.3, 0.4) is 0 Å². The monoisotopic (exact) mass is 513 g/mol. The van der Waals surface area contributed by atoms with Crippen LogP contribution in [-0.2, 0) is 20.7 Å². The summed E-state index contributed by atoms with van der Waals surface area (Å²) in [4.78, 5) is 29.8. The molecule has 2 saturated heterocycles. The highest BCUT2D eigenvalue weighted by atomic mass is 32.2. The van der Waals surface area contributed by atoms with Gasteiger partial charge >= 0.3 is 0 Å². The summed E-state index contributed by atoms with van der Waals surface area (Å²) in [5.74, 6) is 0.350. The quantitative estimate of drug-likeness (QED) is 0.532. The van der Waals surface area contributed by atoms with Gasteiger partial charge in [-0.05, 0) is 38.0 Å². The highest BCUT2D eigenvalue weighted by molar-refractivity contribution is 8.00. The number of aliphatic hydroxyl groups excluding tert-OH is 1. The summed E-state index contributed by atoms with van der Waals surface area (Å²) in [6, 6.07) is 16.4. The molecule has 194 valence electrons. The molecule has 0 radical (unpaired) electrons. The van der Waals surface area contributed by atoms with Crippen LogP contribution in [-0.4, -0.2) is 84.0 Å². The smallest absolute Gasteiger partial charge is 0.258 e. The second-order valence-electron chi connectivity index (χ2n) is 9.76. The standard InChI is InChI=1S/C27H35N3O5S/c1-27(2)18-30(19-36-27)26(33)25(32)23(15-20-7-4-3-5-8-20)28-24(31)17-35-22-10-6-9-21(16-22)29-11-13-34-14-12-29/h3-10,16,23,25,32H,11-15,17-19H2,1-2H3,(H,28,31)/t23-,25-/m0/s1. The number of benzene rings is 2. The van der Waals surface area contributed by atoms with Gasteiger partial charge in [-0.3, -0.25) is 9.59 Å². The van der Waals surface area contributed by atoms with E-state index in [2.05, 4.69) is 24.1 Å². The van der Waals surface area contributed by atoms with Crippen LogP contribution >= 0.6 is 11.8 Å². The fourth-order valence-corrected chi connectivity index (χ4v) is 5.37. The number of amides is 2. The van der Waals surface area contributed by atoms with Gasteiger partial charge in [0.15, 0.2) is 12.7 Å². The zero-order chi connectivity index (χ0) is 25.5. The Morgan fingerprint density at radius 1 is 1.14 bits per heavy atom. The second-order valence-corrected chi connectivity index (χ2v) is 11.4. The van der Waals surface area contributed by atoms with Gasteiger partial charge in [0.25, 0.3) is 11.8 Å². The third kappa shape index (κ3) is 7.15. The lowest BCUT2D eigenvalue weighted by molar-refractivity contribution is -0.141. The SMILES string of the molecule is CC1(C)CN(C(=O)[C@@H](O)[C@H](Cc2ccccc2)NC(=O)COc2cccc(N3CCOCC3)c2)CS1. The molecule has 2 fully saturated rings. The number of carbonyl (C=O) groups is 2. The molecule has 2 atom stereocenters. The van der Waals surface area contributed by atoms with Gasteiger partial charge in [-0.15, -0.1) is 11.8 Å². The number of carbonyl (C=O) groups excluding carboxylic acids is 2. The van der Waals surface area contributed by atoms with Crippen LogP contribution in [0.5, 0.6) is 5.75 Å². The molecule has 2 aliphatic heterocycles. The molecule has 2 amide bonds. The molecule has 0 unspecified atom stereocenters. The minimum absolute atomic E-state index is 0.0584. The minimum atomic E-state index is -1.35. The molecule has 8 nitrogen and oxygen atoms in total. The van der Waals surface area contributed by atoms with Crippen molar-refractivity contribution in [3.05, 3.63) is 60.2 Å². The number of anilines is 1. The predicted molar refractivity (Wildman–Crippen MR) is 141 cm³/mol. The third-order valence-electron chi connectivity index (χ3n) is 6.34. The first-order valence-electron chi connectivity index (χ1n) is 12.3. The number of ether oxygens (including phenoxy) is 2. The van der Waals surface area contributed by atoms with Crippen molar-refractivity contribution >= 4 is 29.3 Å². The van der Waals surface area contributed by atoms with E-state index in [1.807, 2.05) is 54.6 Å². The minimum Gasteiger partial charge on any atom is -0.484 e. The van der Waals surface area contributed by atoms with Crippen molar-refractivity contribution in [2.24, 2.45) is 0 Å². The number of thioether (sulfide) groups is 1. The van der Waals surface area contributed by atoms with E-state index in [1.54, 1.807) is 16.7 Å². The van der Waals surface area contributed by atoms with E-state index in [1.165, 1.54) is 0 Å². The maximum Gasteiger partial charge on any atom is 0.258 e. The summed E-state index contributed by atoms with van der Waals surface area (Å²) in [6.45, 7) is 7.48. The van der Waals surface area contributed by atoms with Crippen LogP contribution in [0.2, 0.25) is 0 Å². The number of rotatable bonds is 9. The zero-order valence-electron chi connectivity index (χ0n) is 20.9. The Morgan fingerprint density at radius 2 is 1.89 bits per heavy atom. The second kappa shape index (κ2) is 12.0. The fourth-order valence-electron chi connectivity index (χ4n) is 4.40. The molecule has 2 aromatic rings. The Bertz CT molecular complexity index is 1030. The maximum atomic E-state index is 13.1. The number of nitrogens with zero attached hydrogens (tertiary/aromatic N) is 2. The first kappa shape index (κ1) is 26.3. The van der Waals surface area contributed by atoms with Crippen molar-refractivity contribution in [1.82, 2.24) is 10.2 Å². The summed E-state index contributed by atoms with van der Waals surface area (Å²) in [5, 5.41) is 13.9. The molecule has 0 bridgehead atoms. The molecule has 2 N–H and O–H groups in total. The van der Waals surface area contributed by atoms with Crippen molar-refractivity contribution < 1.29 is 24.2 Å². The van der Waals surface area contributed by atoms with Crippen molar-refractivity contribution in [3.63, 3.8) is 0 Å². The van der Waals surface area contributed by atoms with E-state index < -0.39 is 18.1 Å². The van der Waals surface area contributed by atoms with Gasteiger partial charge in [0.1, 0.15) is 5.75 Å². The predicted octanol–water partition coefficient (Wildman–Crippen LogP) is 2.30. The molecule has 9 heteroatoms. The lowest BCUT2D eigenvalue weighted by Crippen LogP contribution is -2.53. The molecule has 2 aromatic carbocycles. The van der Waals surface area contributed by atoms with Crippen molar-refractivity contribution in [2.75, 3.05) is 50.2 Å². The van der Waals surface area contributed by atoms with Crippen LogP contribution in [0.4, 0.5) is 5.69 Å². The molecule has 2 aliphatic rings. The van der Waals surface area contributed by atoms with Gasteiger partial charge < -0.3 is 29.7 Å². The topological polar surface area (TPSA) is 91.3 Å². The molecule has 2 heterocycles. The van der Waals surface area contributed by atoms with E-state index in [4.69, 9.17) is 9.47 Å². The van der Waals surface area contributed by atoms with Crippen LogP contribution < -0.4 is 15.0 Å². The van der Waals surface area contributed by atoms with Crippen molar-refractivity contribution in [3.8, 4) is 5.75 Å². The van der Waals surface area contributed by atoms with Crippen LogP contribution in [0.15, 0.2) is 54.6 Å². The van der Waals surface area contributed by atoms with E-state index in [0.717, 1.165) is 24.3 Å². The van der Waals surface area contributed by atoms with Crippen LogP contribution in [0, 0.1) is 0 Å². The maximum absolute atomic E-state index is 13.1. The Hall–Kier alpha value is -2.75. The third-order valence-corrected chi connectivity index (χ3v) is 7.69. The Labute approximate surface area is 216 Å². The average Bonchev–Trinajstić information content (AvgIpc) is 3.27. The number of nitrogens with one attached hydrogen (secondary N) is 1. The van der Waals surface area contributed by atoms with Gasteiger partial charge in [0.05, 0.1) is 25.1 Å². The molecular weight excluding hydrogens is 478 g/mol. The number of morpholine rings is 1. The Kier molecular flexibility index (Phi) is 8.77. The fraction of sp³-hybridized carbons (Fsp3) is 0.481. The van der Waals surface area contributed by atoms with Crippen molar-refractivity contribution in [1.29, 1.82) is 0 Å². The van der Waals surface area contributed by atoms with Crippen molar-refractivity contribution in [2.45, 2.75) is 37.2 Å². The molecule has 0 spiro atoms.